The van der Waals surface area contributed by atoms with Crippen LogP contribution in [0.2, 0.25) is 0 Å². The fourth-order valence-electron chi connectivity index (χ4n) is 2.77. The third-order valence-corrected chi connectivity index (χ3v) is 4.01. The Morgan fingerprint density at radius 2 is 1.57 bits per heavy atom. The molecule has 0 fully saturated rings. The molecule has 0 bridgehead atoms. The average Bonchev–Trinajstić information content (AvgIpc) is 2.47. The minimum Gasteiger partial charge on any atom is -0.497 e. The molecule has 0 aromatic heterocycles. The van der Waals surface area contributed by atoms with Crippen LogP contribution >= 0.6 is 0 Å². The van der Waals surface area contributed by atoms with Gasteiger partial charge in [-0.05, 0) is 56.5 Å². The second kappa shape index (κ2) is 6.77. The van der Waals surface area contributed by atoms with E-state index in [1.54, 1.807) is 7.11 Å². The van der Waals surface area contributed by atoms with Gasteiger partial charge < -0.3 is 10.1 Å². The van der Waals surface area contributed by atoms with E-state index in [0.717, 1.165) is 5.75 Å². The van der Waals surface area contributed by atoms with Crippen LogP contribution in [-0.2, 0) is 0 Å². The van der Waals surface area contributed by atoms with Crippen molar-refractivity contribution in [3.05, 3.63) is 64.7 Å². The first kappa shape index (κ1) is 15.6. The van der Waals surface area contributed by atoms with Crippen LogP contribution in [0, 0.1) is 13.8 Å². The van der Waals surface area contributed by atoms with E-state index in [0.29, 0.717) is 12.1 Å². The number of hydrogen-bond donors (Lipinski definition) is 1. The van der Waals surface area contributed by atoms with Crippen LogP contribution in [0.5, 0.6) is 5.75 Å². The van der Waals surface area contributed by atoms with Crippen molar-refractivity contribution in [3.63, 3.8) is 0 Å². The largest absolute Gasteiger partial charge is 0.497 e. The summed E-state index contributed by atoms with van der Waals surface area (Å²) in [5.74, 6) is 0.897. The first-order valence-corrected chi connectivity index (χ1v) is 7.48. The molecule has 1 unspecified atom stereocenters. The van der Waals surface area contributed by atoms with Crippen molar-refractivity contribution in [2.75, 3.05) is 7.11 Å². The summed E-state index contributed by atoms with van der Waals surface area (Å²) in [5, 5.41) is 3.67. The summed E-state index contributed by atoms with van der Waals surface area (Å²) in [7, 11) is 1.69. The van der Waals surface area contributed by atoms with Gasteiger partial charge in [0.05, 0.1) is 7.11 Å². The molecule has 0 amide bonds. The SMILES string of the molecule is COc1ccc([C@@H](C)NC(C)c2ccc(C)cc2C)cc1. The summed E-state index contributed by atoms with van der Waals surface area (Å²) in [4.78, 5) is 0. The molecule has 0 spiro atoms. The summed E-state index contributed by atoms with van der Waals surface area (Å²) in [5.41, 5.74) is 5.29. The van der Waals surface area contributed by atoms with Gasteiger partial charge in [-0.3, -0.25) is 0 Å². The van der Waals surface area contributed by atoms with Gasteiger partial charge in [-0.15, -0.1) is 0 Å². The Balaban J connectivity index is 2.08. The Labute approximate surface area is 128 Å². The van der Waals surface area contributed by atoms with Crippen LogP contribution in [-0.4, -0.2) is 7.11 Å². The van der Waals surface area contributed by atoms with E-state index in [1.165, 1.54) is 22.3 Å². The summed E-state index contributed by atoms with van der Waals surface area (Å²) in [6, 6.07) is 15.5. The molecule has 0 heterocycles. The van der Waals surface area contributed by atoms with Gasteiger partial charge in [0.25, 0.3) is 0 Å². The van der Waals surface area contributed by atoms with Crippen LogP contribution in [0.25, 0.3) is 0 Å². The first-order valence-electron chi connectivity index (χ1n) is 7.48. The predicted octanol–water partition coefficient (Wildman–Crippen LogP) is 4.72. The zero-order valence-electron chi connectivity index (χ0n) is 13.6. The van der Waals surface area contributed by atoms with Gasteiger partial charge in [-0.25, -0.2) is 0 Å². The molecule has 21 heavy (non-hydrogen) atoms. The molecule has 0 radical (unpaired) electrons. The minimum absolute atomic E-state index is 0.298. The Morgan fingerprint density at radius 3 is 2.14 bits per heavy atom. The maximum absolute atomic E-state index is 5.21. The predicted molar refractivity (Wildman–Crippen MR) is 88.9 cm³/mol. The first-order chi connectivity index (χ1) is 10.0. The van der Waals surface area contributed by atoms with Crippen LogP contribution < -0.4 is 10.1 Å². The number of benzene rings is 2. The Kier molecular flexibility index (Phi) is 5.03. The number of rotatable bonds is 5. The highest BCUT2D eigenvalue weighted by Gasteiger charge is 2.13. The lowest BCUT2D eigenvalue weighted by molar-refractivity contribution is 0.414. The van der Waals surface area contributed by atoms with Crippen molar-refractivity contribution in [2.45, 2.75) is 39.8 Å². The smallest absolute Gasteiger partial charge is 0.118 e. The van der Waals surface area contributed by atoms with E-state index in [9.17, 15) is 0 Å². The number of hydrogen-bond acceptors (Lipinski definition) is 2. The van der Waals surface area contributed by atoms with Crippen LogP contribution in [0.1, 0.15) is 48.2 Å². The van der Waals surface area contributed by atoms with Crippen LogP contribution in [0.4, 0.5) is 0 Å². The fourth-order valence-corrected chi connectivity index (χ4v) is 2.77. The van der Waals surface area contributed by atoms with Gasteiger partial charge in [-0.2, -0.15) is 0 Å². The van der Waals surface area contributed by atoms with Crippen LogP contribution in [0.15, 0.2) is 42.5 Å². The molecule has 0 saturated heterocycles. The number of methoxy groups -OCH3 is 1. The normalized spacial score (nSPS) is 13.8. The van der Waals surface area contributed by atoms with Gasteiger partial charge in [-0.1, -0.05) is 35.9 Å². The molecular formula is C19H25NO. The molecule has 0 aliphatic heterocycles. The lowest BCUT2D eigenvalue weighted by Crippen LogP contribution is -2.23. The summed E-state index contributed by atoms with van der Waals surface area (Å²) >= 11 is 0. The van der Waals surface area contributed by atoms with E-state index in [2.05, 4.69) is 63.3 Å². The van der Waals surface area contributed by atoms with Crippen molar-refractivity contribution in [1.29, 1.82) is 0 Å². The number of aryl methyl sites for hydroxylation is 2. The molecule has 0 aliphatic carbocycles. The lowest BCUT2D eigenvalue weighted by atomic mass is 9.99. The highest BCUT2D eigenvalue weighted by molar-refractivity contribution is 5.33. The van der Waals surface area contributed by atoms with E-state index in [1.807, 2.05) is 12.1 Å². The van der Waals surface area contributed by atoms with Gasteiger partial charge in [0.1, 0.15) is 5.75 Å². The highest BCUT2D eigenvalue weighted by Crippen LogP contribution is 2.23. The quantitative estimate of drug-likeness (QED) is 0.857. The molecule has 0 saturated carbocycles. The Morgan fingerprint density at radius 1 is 0.905 bits per heavy atom. The monoisotopic (exact) mass is 283 g/mol. The van der Waals surface area contributed by atoms with E-state index in [-0.39, 0.29) is 0 Å². The molecule has 112 valence electrons. The molecule has 1 N–H and O–H groups in total. The average molecular weight is 283 g/mol. The van der Waals surface area contributed by atoms with Crippen LogP contribution in [0.3, 0.4) is 0 Å². The number of nitrogens with one attached hydrogen (secondary N) is 1. The minimum atomic E-state index is 0.298. The molecule has 2 atom stereocenters. The van der Waals surface area contributed by atoms with Crippen molar-refractivity contribution in [3.8, 4) is 5.75 Å². The van der Waals surface area contributed by atoms with Crippen molar-refractivity contribution in [1.82, 2.24) is 5.32 Å². The third-order valence-electron chi connectivity index (χ3n) is 4.01. The maximum atomic E-state index is 5.21. The standard InChI is InChI=1S/C19H25NO/c1-13-6-11-19(14(2)12-13)16(4)20-15(3)17-7-9-18(21-5)10-8-17/h6-12,15-16,20H,1-5H3/t15-,16?/m1/s1. The fraction of sp³-hybridized carbons (Fsp3) is 0.368. The van der Waals surface area contributed by atoms with Crippen molar-refractivity contribution < 1.29 is 4.74 Å². The molecule has 2 aromatic rings. The van der Waals surface area contributed by atoms with Crippen molar-refractivity contribution >= 4 is 0 Å². The Bertz CT molecular complexity index is 589. The molecule has 0 aliphatic rings. The lowest BCUT2D eigenvalue weighted by Gasteiger charge is -2.22. The van der Waals surface area contributed by atoms with Crippen molar-refractivity contribution in [2.24, 2.45) is 0 Å². The van der Waals surface area contributed by atoms with E-state index < -0.39 is 0 Å². The zero-order valence-corrected chi connectivity index (χ0v) is 13.6. The molecule has 2 aromatic carbocycles. The second-order valence-electron chi connectivity index (χ2n) is 5.74. The van der Waals surface area contributed by atoms with Gasteiger partial charge in [0, 0.05) is 12.1 Å². The van der Waals surface area contributed by atoms with Gasteiger partial charge in [0.2, 0.25) is 0 Å². The highest BCUT2D eigenvalue weighted by atomic mass is 16.5. The summed E-state index contributed by atoms with van der Waals surface area (Å²) < 4.78 is 5.21. The molecule has 2 nitrogen and oxygen atoms in total. The maximum Gasteiger partial charge on any atom is 0.118 e. The zero-order chi connectivity index (χ0) is 15.4. The second-order valence-corrected chi connectivity index (χ2v) is 5.74. The van der Waals surface area contributed by atoms with Gasteiger partial charge in [0.15, 0.2) is 0 Å². The van der Waals surface area contributed by atoms with E-state index in [4.69, 9.17) is 4.74 Å². The summed E-state index contributed by atoms with van der Waals surface area (Å²) in [6.07, 6.45) is 0. The third kappa shape index (κ3) is 3.85. The molecular weight excluding hydrogens is 258 g/mol. The topological polar surface area (TPSA) is 21.3 Å². The molecule has 2 rings (SSSR count). The summed E-state index contributed by atoms with van der Waals surface area (Å²) in [6.45, 7) is 8.73. The number of ether oxygens (including phenoxy) is 1. The van der Waals surface area contributed by atoms with Gasteiger partial charge >= 0.3 is 0 Å². The van der Waals surface area contributed by atoms with E-state index >= 15 is 0 Å². The Hall–Kier alpha value is -1.80. The molecule has 2 heteroatoms.